The van der Waals surface area contributed by atoms with E-state index >= 15 is 0 Å². The SMILES string of the molecule is CC1(O)c2ccccc2C(C)(O)c2cc(Cl)ccc21. The van der Waals surface area contributed by atoms with Gasteiger partial charge in [0, 0.05) is 5.02 Å². The van der Waals surface area contributed by atoms with Crippen LogP contribution >= 0.6 is 11.6 Å². The van der Waals surface area contributed by atoms with Gasteiger partial charge < -0.3 is 10.2 Å². The van der Waals surface area contributed by atoms with Crippen molar-refractivity contribution >= 4 is 11.6 Å². The summed E-state index contributed by atoms with van der Waals surface area (Å²) in [5, 5.41) is 22.3. The highest BCUT2D eigenvalue weighted by atomic mass is 35.5. The first-order valence-electron chi connectivity index (χ1n) is 6.20. The van der Waals surface area contributed by atoms with Crippen LogP contribution in [0.15, 0.2) is 42.5 Å². The molecule has 2 atom stereocenters. The van der Waals surface area contributed by atoms with Gasteiger partial charge in [-0.05, 0) is 48.2 Å². The molecule has 0 saturated heterocycles. The number of fused-ring (bicyclic) bond motifs is 2. The maximum absolute atomic E-state index is 10.9. The van der Waals surface area contributed by atoms with E-state index in [1.54, 1.807) is 32.0 Å². The molecule has 2 aromatic rings. The van der Waals surface area contributed by atoms with Gasteiger partial charge in [0.15, 0.2) is 0 Å². The average molecular weight is 275 g/mol. The lowest BCUT2D eigenvalue weighted by molar-refractivity contribution is 0.0509. The topological polar surface area (TPSA) is 40.5 Å². The van der Waals surface area contributed by atoms with Crippen LogP contribution in [-0.4, -0.2) is 10.2 Å². The molecule has 1 aliphatic carbocycles. The number of rotatable bonds is 0. The highest BCUT2D eigenvalue weighted by Gasteiger charge is 2.44. The molecular formula is C16H15ClO2. The van der Waals surface area contributed by atoms with Crippen molar-refractivity contribution in [3.63, 3.8) is 0 Å². The first kappa shape index (κ1) is 12.7. The van der Waals surface area contributed by atoms with Crippen LogP contribution in [0.4, 0.5) is 0 Å². The van der Waals surface area contributed by atoms with E-state index in [-0.39, 0.29) is 0 Å². The molecule has 0 fully saturated rings. The second-order valence-corrected chi connectivity index (χ2v) is 5.82. The fourth-order valence-corrected chi connectivity index (χ4v) is 3.14. The van der Waals surface area contributed by atoms with E-state index in [0.29, 0.717) is 16.1 Å². The van der Waals surface area contributed by atoms with Crippen molar-refractivity contribution in [2.75, 3.05) is 0 Å². The molecule has 0 bridgehead atoms. The van der Waals surface area contributed by atoms with Gasteiger partial charge in [-0.2, -0.15) is 0 Å². The Morgan fingerprint density at radius 2 is 1.26 bits per heavy atom. The highest BCUT2D eigenvalue weighted by Crippen LogP contribution is 2.47. The fraction of sp³-hybridized carbons (Fsp3) is 0.250. The molecule has 0 amide bonds. The summed E-state index contributed by atoms with van der Waals surface area (Å²) in [6.07, 6.45) is 0. The van der Waals surface area contributed by atoms with E-state index in [1.165, 1.54) is 0 Å². The minimum atomic E-state index is -1.15. The van der Waals surface area contributed by atoms with Crippen LogP contribution in [0.3, 0.4) is 0 Å². The van der Waals surface area contributed by atoms with Crippen LogP contribution in [0.5, 0.6) is 0 Å². The number of hydrogen-bond donors (Lipinski definition) is 2. The number of aliphatic hydroxyl groups is 2. The standard InChI is InChI=1S/C16H15ClO2/c1-15(18)11-5-3-4-6-12(11)16(2,19)14-9-10(17)7-8-13(14)15/h3-9,18-19H,1-2H3. The molecular weight excluding hydrogens is 260 g/mol. The molecule has 0 spiro atoms. The zero-order valence-corrected chi connectivity index (χ0v) is 11.6. The third kappa shape index (κ3) is 1.64. The van der Waals surface area contributed by atoms with Gasteiger partial charge in [-0.3, -0.25) is 0 Å². The highest BCUT2D eigenvalue weighted by molar-refractivity contribution is 6.30. The van der Waals surface area contributed by atoms with E-state index in [1.807, 2.05) is 24.3 Å². The Morgan fingerprint density at radius 3 is 1.84 bits per heavy atom. The number of halogens is 1. The van der Waals surface area contributed by atoms with Gasteiger partial charge in [-0.25, -0.2) is 0 Å². The van der Waals surface area contributed by atoms with Crippen molar-refractivity contribution in [1.29, 1.82) is 0 Å². The summed E-state index contributed by atoms with van der Waals surface area (Å²) in [6, 6.07) is 12.7. The molecule has 0 saturated carbocycles. The number of benzene rings is 2. The lowest BCUT2D eigenvalue weighted by Gasteiger charge is -2.41. The summed E-state index contributed by atoms with van der Waals surface area (Å²) in [5.41, 5.74) is 0.520. The number of hydrogen-bond acceptors (Lipinski definition) is 2. The average Bonchev–Trinajstić information content (AvgIpc) is 2.37. The Labute approximate surface area is 117 Å². The zero-order chi connectivity index (χ0) is 13.8. The summed E-state index contributed by atoms with van der Waals surface area (Å²) in [5.74, 6) is 0. The van der Waals surface area contributed by atoms with Crippen molar-refractivity contribution in [2.24, 2.45) is 0 Å². The molecule has 0 aromatic heterocycles. The smallest absolute Gasteiger partial charge is 0.113 e. The summed E-state index contributed by atoms with van der Waals surface area (Å²) < 4.78 is 0. The van der Waals surface area contributed by atoms with E-state index in [4.69, 9.17) is 11.6 Å². The van der Waals surface area contributed by atoms with Crippen molar-refractivity contribution in [1.82, 2.24) is 0 Å². The van der Waals surface area contributed by atoms with E-state index < -0.39 is 11.2 Å². The lowest BCUT2D eigenvalue weighted by Crippen LogP contribution is -2.39. The second-order valence-electron chi connectivity index (χ2n) is 5.38. The maximum Gasteiger partial charge on any atom is 0.113 e. The summed E-state index contributed by atoms with van der Waals surface area (Å²) >= 11 is 6.03. The normalized spacial score (nSPS) is 28.7. The van der Waals surface area contributed by atoms with Crippen molar-refractivity contribution < 1.29 is 10.2 Å². The molecule has 98 valence electrons. The monoisotopic (exact) mass is 274 g/mol. The second kappa shape index (κ2) is 3.83. The molecule has 0 heterocycles. The van der Waals surface area contributed by atoms with Crippen LogP contribution in [-0.2, 0) is 11.2 Å². The third-order valence-corrected chi connectivity index (χ3v) is 4.24. The van der Waals surface area contributed by atoms with Gasteiger partial charge >= 0.3 is 0 Å². The Balaban J connectivity index is 2.40. The zero-order valence-electron chi connectivity index (χ0n) is 10.8. The molecule has 2 aromatic carbocycles. The largest absolute Gasteiger partial charge is 0.381 e. The Kier molecular flexibility index (Phi) is 2.55. The maximum atomic E-state index is 10.9. The molecule has 2 nitrogen and oxygen atoms in total. The summed E-state index contributed by atoms with van der Waals surface area (Å²) in [4.78, 5) is 0. The van der Waals surface area contributed by atoms with Crippen molar-refractivity contribution in [3.8, 4) is 0 Å². The van der Waals surface area contributed by atoms with E-state index in [0.717, 1.165) is 11.1 Å². The Morgan fingerprint density at radius 1 is 0.789 bits per heavy atom. The molecule has 0 radical (unpaired) electrons. The van der Waals surface area contributed by atoms with Gasteiger partial charge in [-0.15, -0.1) is 0 Å². The van der Waals surface area contributed by atoms with Crippen molar-refractivity contribution in [3.05, 3.63) is 69.7 Å². The molecule has 2 unspecified atom stereocenters. The van der Waals surface area contributed by atoms with Crippen LogP contribution in [0.25, 0.3) is 0 Å². The summed E-state index contributed by atoms with van der Waals surface area (Å²) in [6.45, 7) is 3.48. The van der Waals surface area contributed by atoms with Crippen LogP contribution < -0.4 is 0 Å². The van der Waals surface area contributed by atoms with E-state index in [9.17, 15) is 10.2 Å². The molecule has 2 N–H and O–H groups in total. The van der Waals surface area contributed by atoms with Gasteiger partial charge in [0.05, 0.1) is 0 Å². The van der Waals surface area contributed by atoms with Crippen molar-refractivity contribution in [2.45, 2.75) is 25.0 Å². The Hall–Kier alpha value is -1.35. The predicted molar refractivity (Wildman–Crippen MR) is 75.2 cm³/mol. The predicted octanol–water partition coefficient (Wildman–Crippen LogP) is 3.17. The van der Waals surface area contributed by atoms with Crippen LogP contribution in [0.1, 0.15) is 36.1 Å². The fourth-order valence-electron chi connectivity index (χ4n) is 2.97. The first-order valence-corrected chi connectivity index (χ1v) is 6.58. The van der Waals surface area contributed by atoms with Gasteiger partial charge in [0.2, 0.25) is 0 Å². The molecule has 0 aliphatic heterocycles. The molecule has 3 heteroatoms. The van der Waals surface area contributed by atoms with E-state index in [2.05, 4.69) is 0 Å². The van der Waals surface area contributed by atoms with Gasteiger partial charge in [0.25, 0.3) is 0 Å². The van der Waals surface area contributed by atoms with Gasteiger partial charge in [-0.1, -0.05) is 41.9 Å². The van der Waals surface area contributed by atoms with Crippen LogP contribution in [0.2, 0.25) is 5.02 Å². The molecule has 19 heavy (non-hydrogen) atoms. The van der Waals surface area contributed by atoms with Crippen LogP contribution in [0, 0.1) is 0 Å². The summed E-state index contributed by atoms with van der Waals surface area (Å²) in [7, 11) is 0. The molecule has 1 aliphatic rings. The third-order valence-electron chi connectivity index (χ3n) is 4.01. The Bertz CT molecular complexity index is 660. The minimum Gasteiger partial charge on any atom is -0.381 e. The quantitative estimate of drug-likeness (QED) is 0.775. The molecule has 3 rings (SSSR count). The van der Waals surface area contributed by atoms with Gasteiger partial charge in [0.1, 0.15) is 11.2 Å². The minimum absolute atomic E-state index is 0.550. The first-order chi connectivity index (χ1) is 8.85. The lowest BCUT2D eigenvalue weighted by atomic mass is 9.69.